The van der Waals surface area contributed by atoms with Crippen molar-refractivity contribution in [1.82, 2.24) is 14.8 Å². The number of aromatic nitrogens is 3. The first-order valence-electron chi connectivity index (χ1n) is 7.38. The van der Waals surface area contributed by atoms with Crippen LogP contribution in [0.1, 0.15) is 30.8 Å². The van der Waals surface area contributed by atoms with Crippen molar-refractivity contribution in [1.29, 1.82) is 0 Å². The molecule has 0 aliphatic carbocycles. The molecule has 118 valence electrons. The van der Waals surface area contributed by atoms with Crippen molar-refractivity contribution in [3.8, 4) is 0 Å². The Morgan fingerprint density at radius 2 is 2.14 bits per heavy atom. The van der Waals surface area contributed by atoms with Crippen LogP contribution in [0.2, 0.25) is 0 Å². The number of amides is 1. The van der Waals surface area contributed by atoms with Gasteiger partial charge in [-0.15, -0.1) is 0 Å². The fraction of sp³-hybridized carbons (Fsp3) is 0.438. The molecule has 2 aromatic heterocycles. The van der Waals surface area contributed by atoms with Gasteiger partial charge in [-0.05, 0) is 19.8 Å². The van der Waals surface area contributed by atoms with E-state index in [1.54, 1.807) is 0 Å². The van der Waals surface area contributed by atoms with E-state index in [2.05, 4.69) is 29.2 Å². The lowest BCUT2D eigenvalue weighted by Gasteiger charge is -2.08. The predicted molar refractivity (Wildman–Crippen MR) is 85.9 cm³/mol. The molecule has 2 rings (SSSR count). The van der Waals surface area contributed by atoms with Gasteiger partial charge in [-0.25, -0.2) is 0 Å². The molecule has 0 saturated carbocycles. The molecule has 0 bridgehead atoms. The Bertz CT molecular complexity index is 728. The zero-order chi connectivity index (χ0) is 16.3. The number of carbonyl (C=O) groups is 1. The molecule has 0 saturated heterocycles. The number of hydrogen-bond acceptors (Lipinski definition) is 3. The molecular formula is C16H22N4O2. The van der Waals surface area contributed by atoms with E-state index in [4.69, 9.17) is 0 Å². The van der Waals surface area contributed by atoms with Crippen molar-refractivity contribution in [2.75, 3.05) is 5.32 Å². The first kappa shape index (κ1) is 16.0. The van der Waals surface area contributed by atoms with Gasteiger partial charge in [0, 0.05) is 36.3 Å². The number of hydrogen-bond donors (Lipinski definition) is 2. The average molecular weight is 302 g/mol. The van der Waals surface area contributed by atoms with E-state index in [0.717, 1.165) is 23.5 Å². The summed E-state index contributed by atoms with van der Waals surface area (Å²) in [6.45, 7) is 8.96. The molecular weight excluding hydrogens is 280 g/mol. The Morgan fingerprint density at radius 3 is 2.77 bits per heavy atom. The van der Waals surface area contributed by atoms with Crippen molar-refractivity contribution in [2.45, 2.75) is 40.7 Å². The lowest BCUT2D eigenvalue weighted by atomic mass is 10.1. The molecule has 22 heavy (non-hydrogen) atoms. The number of anilines is 1. The Labute approximate surface area is 129 Å². The number of pyridine rings is 1. The zero-order valence-corrected chi connectivity index (χ0v) is 13.4. The third-order valence-corrected chi connectivity index (χ3v) is 3.50. The Morgan fingerprint density at radius 1 is 1.41 bits per heavy atom. The summed E-state index contributed by atoms with van der Waals surface area (Å²) in [6, 6.07) is 1.38. The third-order valence-electron chi connectivity index (χ3n) is 3.50. The van der Waals surface area contributed by atoms with Gasteiger partial charge in [0.15, 0.2) is 0 Å². The number of carbonyl (C=O) groups excluding carboxylic acids is 1. The summed E-state index contributed by atoms with van der Waals surface area (Å²) in [5.74, 6) is 0.273. The number of nitrogens with one attached hydrogen (secondary N) is 2. The minimum atomic E-state index is -0.216. The average Bonchev–Trinajstić information content (AvgIpc) is 2.68. The SMILES string of the molecule is Cc1nn(CC(C)C)c(C)c1CC(=O)Nc1c[nH]ccc1=O. The smallest absolute Gasteiger partial charge is 0.229 e. The van der Waals surface area contributed by atoms with Gasteiger partial charge in [0.25, 0.3) is 0 Å². The molecule has 2 aromatic rings. The molecule has 0 aromatic carbocycles. The van der Waals surface area contributed by atoms with Crippen LogP contribution >= 0.6 is 0 Å². The summed E-state index contributed by atoms with van der Waals surface area (Å²) in [6.07, 6.45) is 3.23. The summed E-state index contributed by atoms with van der Waals surface area (Å²) in [4.78, 5) is 26.6. The van der Waals surface area contributed by atoms with Gasteiger partial charge in [0.05, 0.1) is 12.1 Å². The Balaban J connectivity index is 2.14. The highest BCUT2D eigenvalue weighted by atomic mass is 16.2. The number of nitrogens with zero attached hydrogens (tertiary/aromatic N) is 2. The maximum Gasteiger partial charge on any atom is 0.229 e. The maximum absolute atomic E-state index is 12.2. The van der Waals surface area contributed by atoms with E-state index in [-0.39, 0.29) is 23.4 Å². The molecule has 0 spiro atoms. The predicted octanol–water partition coefficient (Wildman–Crippen LogP) is 2.03. The van der Waals surface area contributed by atoms with Crippen LogP contribution in [0.15, 0.2) is 23.3 Å². The Hall–Kier alpha value is -2.37. The summed E-state index contributed by atoms with van der Waals surface area (Å²) < 4.78 is 1.94. The standard InChI is InChI=1S/C16H22N4O2/c1-10(2)9-20-12(4)13(11(3)19-20)7-16(22)18-14-8-17-6-5-15(14)21/h5-6,8,10H,7,9H2,1-4H3,(H,17,21)(H,18,22). The minimum absolute atomic E-state index is 0.212. The van der Waals surface area contributed by atoms with Crippen LogP contribution in [0.3, 0.4) is 0 Å². The minimum Gasteiger partial charge on any atom is -0.366 e. The van der Waals surface area contributed by atoms with Crippen molar-refractivity contribution in [2.24, 2.45) is 5.92 Å². The maximum atomic E-state index is 12.2. The van der Waals surface area contributed by atoms with Crippen LogP contribution < -0.4 is 10.7 Å². The van der Waals surface area contributed by atoms with Crippen molar-refractivity contribution >= 4 is 11.6 Å². The third kappa shape index (κ3) is 3.63. The van der Waals surface area contributed by atoms with Crippen molar-refractivity contribution < 1.29 is 4.79 Å². The molecule has 0 aliphatic rings. The van der Waals surface area contributed by atoms with Crippen LogP contribution in [0.25, 0.3) is 0 Å². The summed E-state index contributed by atoms with van der Waals surface area (Å²) in [7, 11) is 0. The second kappa shape index (κ2) is 6.60. The van der Waals surface area contributed by atoms with Crippen LogP contribution in [-0.4, -0.2) is 20.7 Å². The van der Waals surface area contributed by atoms with Gasteiger partial charge in [-0.1, -0.05) is 13.8 Å². The largest absolute Gasteiger partial charge is 0.366 e. The lowest BCUT2D eigenvalue weighted by molar-refractivity contribution is -0.115. The monoisotopic (exact) mass is 302 g/mol. The molecule has 0 unspecified atom stereocenters. The summed E-state index contributed by atoms with van der Waals surface area (Å²) in [5.41, 5.74) is 2.83. The fourth-order valence-electron chi connectivity index (χ4n) is 2.38. The van der Waals surface area contributed by atoms with E-state index in [1.807, 2.05) is 18.5 Å². The molecule has 6 heteroatoms. The highest BCUT2D eigenvalue weighted by Gasteiger charge is 2.16. The van der Waals surface area contributed by atoms with E-state index in [1.165, 1.54) is 18.5 Å². The van der Waals surface area contributed by atoms with E-state index < -0.39 is 0 Å². The molecule has 1 amide bonds. The molecule has 6 nitrogen and oxygen atoms in total. The van der Waals surface area contributed by atoms with Crippen LogP contribution in [0.5, 0.6) is 0 Å². The number of rotatable bonds is 5. The molecule has 2 N–H and O–H groups in total. The van der Waals surface area contributed by atoms with Crippen LogP contribution in [-0.2, 0) is 17.8 Å². The van der Waals surface area contributed by atoms with Crippen molar-refractivity contribution in [3.63, 3.8) is 0 Å². The van der Waals surface area contributed by atoms with Gasteiger partial charge in [-0.2, -0.15) is 5.10 Å². The molecule has 0 fully saturated rings. The summed E-state index contributed by atoms with van der Waals surface area (Å²) in [5, 5.41) is 7.14. The normalized spacial score (nSPS) is 11.0. The van der Waals surface area contributed by atoms with Crippen molar-refractivity contribution in [3.05, 3.63) is 45.6 Å². The zero-order valence-electron chi connectivity index (χ0n) is 13.4. The highest BCUT2D eigenvalue weighted by Crippen LogP contribution is 2.15. The van der Waals surface area contributed by atoms with E-state index in [0.29, 0.717) is 5.92 Å². The van der Waals surface area contributed by atoms with Gasteiger partial charge < -0.3 is 10.3 Å². The molecule has 0 radical (unpaired) electrons. The molecule has 0 aliphatic heterocycles. The molecule has 2 heterocycles. The Kier molecular flexibility index (Phi) is 4.80. The first-order chi connectivity index (χ1) is 10.4. The van der Waals surface area contributed by atoms with Gasteiger partial charge in [0.2, 0.25) is 11.3 Å². The number of aromatic amines is 1. The second-order valence-corrected chi connectivity index (χ2v) is 5.87. The molecule has 0 atom stereocenters. The first-order valence-corrected chi connectivity index (χ1v) is 7.38. The topological polar surface area (TPSA) is 79.8 Å². The quantitative estimate of drug-likeness (QED) is 0.887. The lowest BCUT2D eigenvalue weighted by Crippen LogP contribution is -2.20. The number of aryl methyl sites for hydroxylation is 1. The van der Waals surface area contributed by atoms with Gasteiger partial charge >= 0.3 is 0 Å². The van der Waals surface area contributed by atoms with Gasteiger partial charge in [-0.3, -0.25) is 14.3 Å². The van der Waals surface area contributed by atoms with E-state index in [9.17, 15) is 9.59 Å². The van der Waals surface area contributed by atoms with Crippen LogP contribution in [0, 0.1) is 19.8 Å². The fourth-order valence-corrected chi connectivity index (χ4v) is 2.38. The van der Waals surface area contributed by atoms with E-state index >= 15 is 0 Å². The van der Waals surface area contributed by atoms with Gasteiger partial charge in [0.1, 0.15) is 5.69 Å². The number of H-pyrrole nitrogens is 1. The summed E-state index contributed by atoms with van der Waals surface area (Å²) >= 11 is 0. The van der Waals surface area contributed by atoms with Crippen LogP contribution in [0.4, 0.5) is 5.69 Å². The second-order valence-electron chi connectivity index (χ2n) is 5.87. The highest BCUT2D eigenvalue weighted by molar-refractivity contribution is 5.92.